The Morgan fingerprint density at radius 2 is 0.917 bits per heavy atom. The number of ether oxygens (including phenoxy) is 2. The monoisotopic (exact) mass is 510 g/mol. The number of carbonyl (C=O) groups excluding carboxylic acids is 2. The molecule has 1 unspecified atom stereocenters. The van der Waals surface area contributed by atoms with Gasteiger partial charge in [0.1, 0.15) is 6.10 Å². The number of unbranched alkanes of at least 4 members (excludes halogenated alkanes) is 17. The van der Waals surface area contributed by atoms with E-state index in [0.717, 1.165) is 77.0 Å². The lowest BCUT2D eigenvalue weighted by atomic mass is 10.1. The molecule has 0 N–H and O–H groups in total. The Kier molecular flexibility index (Phi) is 27.7. The highest BCUT2D eigenvalue weighted by Crippen LogP contribution is 2.15. The highest BCUT2D eigenvalue weighted by atomic mass is 16.5. The molecule has 0 aromatic heterocycles. The molecule has 0 rings (SSSR count). The summed E-state index contributed by atoms with van der Waals surface area (Å²) >= 11 is 0. The van der Waals surface area contributed by atoms with Crippen molar-refractivity contribution in [3.63, 3.8) is 0 Å². The quantitative estimate of drug-likeness (QED) is 0.0775. The van der Waals surface area contributed by atoms with Gasteiger partial charge in [-0.05, 0) is 32.1 Å². The number of carbonyl (C=O) groups is 2. The summed E-state index contributed by atoms with van der Waals surface area (Å²) in [5.74, 6) is -0.0639. The summed E-state index contributed by atoms with van der Waals surface area (Å²) in [6.45, 7) is 7.18. The van der Waals surface area contributed by atoms with Gasteiger partial charge < -0.3 is 9.47 Å². The Hall–Kier alpha value is -1.06. The summed E-state index contributed by atoms with van der Waals surface area (Å²) in [4.78, 5) is 23.9. The fraction of sp³-hybridized carbons (Fsp3) is 0.938. The molecule has 0 fully saturated rings. The maximum Gasteiger partial charge on any atom is 0.306 e. The van der Waals surface area contributed by atoms with Gasteiger partial charge in [-0.1, -0.05) is 136 Å². The molecule has 0 aromatic carbocycles. The summed E-state index contributed by atoms with van der Waals surface area (Å²) < 4.78 is 11.0. The second-order valence-electron chi connectivity index (χ2n) is 10.8. The molecule has 0 aliphatic carbocycles. The van der Waals surface area contributed by atoms with Crippen molar-refractivity contribution in [2.45, 2.75) is 187 Å². The van der Waals surface area contributed by atoms with Crippen LogP contribution in [-0.2, 0) is 19.1 Å². The van der Waals surface area contributed by atoms with Crippen LogP contribution < -0.4 is 0 Å². The van der Waals surface area contributed by atoms with Crippen molar-refractivity contribution in [3.8, 4) is 0 Å². The topological polar surface area (TPSA) is 52.6 Å². The van der Waals surface area contributed by atoms with Gasteiger partial charge in [-0.25, -0.2) is 0 Å². The van der Waals surface area contributed by atoms with E-state index in [1.54, 1.807) is 0 Å². The van der Waals surface area contributed by atoms with Gasteiger partial charge >= 0.3 is 11.9 Å². The summed E-state index contributed by atoms with van der Waals surface area (Å²) in [6.07, 6.45) is 28.6. The van der Waals surface area contributed by atoms with Crippen LogP contribution in [0.5, 0.6) is 0 Å². The van der Waals surface area contributed by atoms with E-state index in [2.05, 4.69) is 20.8 Å². The van der Waals surface area contributed by atoms with Crippen molar-refractivity contribution < 1.29 is 19.1 Å². The van der Waals surface area contributed by atoms with Gasteiger partial charge in [0.15, 0.2) is 0 Å². The van der Waals surface area contributed by atoms with E-state index in [9.17, 15) is 9.59 Å². The molecule has 0 heterocycles. The molecular formula is C32H62O4. The molecule has 0 radical (unpaired) electrons. The predicted octanol–water partition coefficient (Wildman–Crippen LogP) is 10.3. The van der Waals surface area contributed by atoms with Gasteiger partial charge in [0, 0.05) is 12.8 Å². The van der Waals surface area contributed by atoms with Gasteiger partial charge in [0.25, 0.3) is 0 Å². The van der Waals surface area contributed by atoms with Crippen LogP contribution in [0.1, 0.15) is 181 Å². The Bertz CT molecular complexity index is 477. The lowest BCUT2D eigenvalue weighted by molar-refractivity contribution is -0.150. The first-order valence-corrected chi connectivity index (χ1v) is 16.0. The molecule has 0 aliphatic heterocycles. The largest absolute Gasteiger partial charge is 0.466 e. The number of hydrogen-bond donors (Lipinski definition) is 0. The molecule has 0 spiro atoms. The predicted molar refractivity (Wildman–Crippen MR) is 153 cm³/mol. The van der Waals surface area contributed by atoms with Crippen LogP contribution in [0.15, 0.2) is 0 Å². The normalized spacial score (nSPS) is 12.0. The van der Waals surface area contributed by atoms with E-state index in [0.29, 0.717) is 19.4 Å². The molecule has 0 bridgehead atoms. The van der Waals surface area contributed by atoms with E-state index < -0.39 is 0 Å². The molecular weight excluding hydrogens is 448 g/mol. The van der Waals surface area contributed by atoms with E-state index in [1.807, 2.05) is 0 Å². The molecule has 4 heteroatoms. The first-order valence-electron chi connectivity index (χ1n) is 16.0. The van der Waals surface area contributed by atoms with Crippen LogP contribution in [0.3, 0.4) is 0 Å². The van der Waals surface area contributed by atoms with E-state index in [1.165, 1.54) is 70.6 Å². The van der Waals surface area contributed by atoms with Crippen LogP contribution in [0.2, 0.25) is 0 Å². The van der Waals surface area contributed by atoms with Crippen LogP contribution >= 0.6 is 0 Å². The average Bonchev–Trinajstić information content (AvgIpc) is 2.87. The molecule has 0 saturated carbocycles. The fourth-order valence-electron chi connectivity index (χ4n) is 4.71. The minimum absolute atomic E-state index is 0.0273. The highest BCUT2D eigenvalue weighted by molar-refractivity contribution is 5.69. The van der Waals surface area contributed by atoms with E-state index in [-0.39, 0.29) is 18.0 Å². The van der Waals surface area contributed by atoms with Gasteiger partial charge in [-0.2, -0.15) is 0 Å². The van der Waals surface area contributed by atoms with Crippen LogP contribution in [0, 0.1) is 0 Å². The van der Waals surface area contributed by atoms with Gasteiger partial charge in [0.05, 0.1) is 6.61 Å². The summed E-state index contributed by atoms with van der Waals surface area (Å²) in [5.41, 5.74) is 0. The molecule has 1 atom stereocenters. The minimum Gasteiger partial charge on any atom is -0.466 e. The van der Waals surface area contributed by atoms with Crippen molar-refractivity contribution >= 4 is 11.9 Å². The summed E-state index contributed by atoms with van der Waals surface area (Å²) in [5, 5.41) is 0. The molecule has 36 heavy (non-hydrogen) atoms. The summed E-state index contributed by atoms with van der Waals surface area (Å²) in [7, 11) is 0. The fourth-order valence-corrected chi connectivity index (χ4v) is 4.71. The molecule has 0 aromatic rings. The Morgan fingerprint density at radius 3 is 1.42 bits per heavy atom. The Balaban J connectivity index is 3.39. The minimum atomic E-state index is -0.0366. The van der Waals surface area contributed by atoms with Crippen molar-refractivity contribution in [2.75, 3.05) is 6.61 Å². The maximum atomic E-state index is 12.1. The Labute approximate surface area is 225 Å². The van der Waals surface area contributed by atoms with Crippen LogP contribution in [0.25, 0.3) is 0 Å². The SMILES string of the molecule is CCCCCCCCCCCCCCOC(=O)CCCCCCCCC(=O)OC(CCC)CCCC. The Morgan fingerprint density at radius 1 is 0.472 bits per heavy atom. The van der Waals surface area contributed by atoms with E-state index in [4.69, 9.17) is 9.47 Å². The van der Waals surface area contributed by atoms with Gasteiger partial charge in [-0.3, -0.25) is 9.59 Å². The third-order valence-electron chi connectivity index (χ3n) is 7.06. The number of rotatable bonds is 28. The first kappa shape index (κ1) is 34.9. The van der Waals surface area contributed by atoms with E-state index >= 15 is 0 Å². The standard InChI is InChI=1S/C32H62O4/c1-4-7-9-10-11-12-13-14-15-18-21-24-29-35-31(33)27-22-19-16-17-20-23-28-32(34)36-30(25-6-3)26-8-5-2/h30H,4-29H2,1-3H3. The molecule has 0 saturated heterocycles. The third-order valence-corrected chi connectivity index (χ3v) is 7.06. The first-order chi connectivity index (χ1) is 17.6. The third kappa shape index (κ3) is 26.0. The zero-order chi connectivity index (χ0) is 26.5. The van der Waals surface area contributed by atoms with Crippen molar-refractivity contribution in [2.24, 2.45) is 0 Å². The lowest BCUT2D eigenvalue weighted by Gasteiger charge is -2.17. The van der Waals surface area contributed by atoms with Crippen molar-refractivity contribution in [1.29, 1.82) is 0 Å². The van der Waals surface area contributed by atoms with Gasteiger partial charge in [-0.15, -0.1) is 0 Å². The maximum absolute atomic E-state index is 12.1. The number of hydrogen-bond acceptors (Lipinski definition) is 4. The van der Waals surface area contributed by atoms with Crippen LogP contribution in [0.4, 0.5) is 0 Å². The highest BCUT2D eigenvalue weighted by Gasteiger charge is 2.13. The van der Waals surface area contributed by atoms with Crippen molar-refractivity contribution in [3.05, 3.63) is 0 Å². The molecule has 214 valence electrons. The average molecular weight is 511 g/mol. The molecule has 0 aliphatic rings. The number of esters is 2. The second kappa shape index (κ2) is 28.5. The zero-order valence-electron chi connectivity index (χ0n) is 24.6. The molecule has 0 amide bonds. The summed E-state index contributed by atoms with van der Waals surface area (Å²) in [6, 6.07) is 0. The lowest BCUT2D eigenvalue weighted by Crippen LogP contribution is -2.18. The van der Waals surface area contributed by atoms with Crippen LogP contribution in [-0.4, -0.2) is 24.6 Å². The second-order valence-corrected chi connectivity index (χ2v) is 10.8. The zero-order valence-corrected chi connectivity index (χ0v) is 24.6. The smallest absolute Gasteiger partial charge is 0.306 e. The van der Waals surface area contributed by atoms with Crippen molar-refractivity contribution in [1.82, 2.24) is 0 Å². The van der Waals surface area contributed by atoms with Gasteiger partial charge in [0.2, 0.25) is 0 Å². The molecule has 4 nitrogen and oxygen atoms in total.